The standard InChI is InChI=1S/C26H29ClN4O4S.C24H25ClN4O4S/c1-15-11-12-20(35-15)23(19(32)13-16-7-3-2-4-8-16)31(14-17-9-5-6-10-18(17)27)26(34)24-21(28)22(25(29)33)30-36-24;25-16-9-4-3-8-15(16)13-29(24(32)22-19(26)20(23(27)31)28-34-22)21(18-10-5-11-33-18)17(30)12-14-6-1-2-7-14/h5-6,9-12,16,23H,2-4,7-8,13-14,28H2,1H3,(H2,29,33);3-5,8-11,14,21H,1-2,6-7,12-13,26H2,(H2,27,31). The van der Waals surface area contributed by atoms with E-state index in [1.807, 2.05) is 6.07 Å². The highest BCUT2D eigenvalue weighted by Gasteiger charge is 2.39. The molecule has 2 saturated carbocycles. The fourth-order valence-corrected chi connectivity index (χ4v) is 11.0. The molecule has 4 amide bonds. The molecule has 0 saturated heterocycles. The summed E-state index contributed by atoms with van der Waals surface area (Å²) >= 11 is 14.4. The first-order chi connectivity index (χ1) is 33.6. The zero-order valence-corrected chi connectivity index (χ0v) is 41.6. The van der Waals surface area contributed by atoms with Crippen molar-refractivity contribution in [2.75, 3.05) is 11.5 Å². The molecule has 8 rings (SSSR count). The van der Waals surface area contributed by atoms with E-state index in [0.29, 0.717) is 51.3 Å². The lowest BCUT2D eigenvalue weighted by Gasteiger charge is -2.31. The lowest BCUT2D eigenvalue weighted by atomic mass is 9.84. The van der Waals surface area contributed by atoms with E-state index in [9.17, 15) is 28.8 Å². The first kappa shape index (κ1) is 51.5. The molecule has 16 nitrogen and oxygen atoms in total. The van der Waals surface area contributed by atoms with Gasteiger partial charge in [-0.05, 0) is 89.3 Å². The molecule has 20 heteroatoms. The Labute approximate surface area is 423 Å². The van der Waals surface area contributed by atoms with Crippen LogP contribution in [0.3, 0.4) is 0 Å². The van der Waals surface area contributed by atoms with Crippen LogP contribution in [0.1, 0.15) is 151 Å². The number of Topliss-reactive ketones (excluding diaryl/α,β-unsaturated/α-hetero) is 2. The van der Waals surface area contributed by atoms with Gasteiger partial charge in [-0.15, -0.1) is 0 Å². The van der Waals surface area contributed by atoms with E-state index >= 15 is 0 Å². The molecular weight excluding hydrogens is 976 g/mol. The quantitative estimate of drug-likeness (QED) is 0.0627. The molecule has 4 aromatic heterocycles. The summed E-state index contributed by atoms with van der Waals surface area (Å²) in [6, 6.07) is 19.1. The number of nitrogens with zero attached hydrogens (tertiary/aromatic N) is 4. The summed E-state index contributed by atoms with van der Waals surface area (Å²) in [7, 11) is 0. The minimum Gasteiger partial charge on any atom is -0.467 e. The van der Waals surface area contributed by atoms with Crippen LogP contribution < -0.4 is 22.9 Å². The molecule has 0 spiro atoms. The second-order valence-corrected chi connectivity index (χ2v) is 20.0. The summed E-state index contributed by atoms with van der Waals surface area (Å²) in [6.45, 7) is 1.85. The number of amides is 4. The van der Waals surface area contributed by atoms with Crippen LogP contribution in [0, 0.1) is 18.8 Å². The molecule has 0 bridgehead atoms. The third kappa shape index (κ3) is 12.1. The van der Waals surface area contributed by atoms with Crippen molar-refractivity contribution >= 4 is 92.8 Å². The SMILES string of the molecule is Cc1ccc(C(C(=O)CC2CCCCC2)N(Cc2ccccc2Cl)C(=O)c2snc(C(N)=O)c2N)o1.NC(=O)c1nsc(C(=O)N(Cc2ccccc2Cl)C(C(=O)CC2CCCC2)c2ccco2)c1N. The summed E-state index contributed by atoms with van der Waals surface area (Å²) in [6.07, 6.45) is 11.6. The molecule has 8 N–H and O–H groups in total. The number of aromatic nitrogens is 2. The Hall–Kier alpha value is -6.34. The molecule has 2 aliphatic carbocycles. The summed E-state index contributed by atoms with van der Waals surface area (Å²) < 4.78 is 19.5. The number of nitrogen functional groups attached to an aromatic ring is 2. The largest absolute Gasteiger partial charge is 0.467 e. The van der Waals surface area contributed by atoms with E-state index in [1.54, 1.807) is 73.7 Å². The van der Waals surface area contributed by atoms with Crippen LogP contribution >= 0.6 is 46.3 Å². The van der Waals surface area contributed by atoms with Crippen molar-refractivity contribution in [3.8, 4) is 0 Å². The molecule has 368 valence electrons. The second kappa shape index (κ2) is 23.5. The van der Waals surface area contributed by atoms with E-state index in [1.165, 1.54) is 22.5 Å². The number of furan rings is 2. The van der Waals surface area contributed by atoms with Gasteiger partial charge >= 0.3 is 0 Å². The fourth-order valence-electron chi connectivity index (χ4n) is 9.12. The number of aryl methyl sites for hydroxylation is 1. The smallest absolute Gasteiger partial charge is 0.270 e. The number of primary amides is 2. The van der Waals surface area contributed by atoms with E-state index < -0.39 is 35.7 Å². The minimum atomic E-state index is -0.997. The van der Waals surface area contributed by atoms with Crippen LogP contribution in [0.2, 0.25) is 10.0 Å². The van der Waals surface area contributed by atoms with Crippen LogP contribution in [0.4, 0.5) is 11.4 Å². The molecule has 4 heterocycles. The van der Waals surface area contributed by atoms with Crippen LogP contribution in [0.5, 0.6) is 0 Å². The van der Waals surface area contributed by atoms with Crippen molar-refractivity contribution in [3.63, 3.8) is 0 Å². The average molecular weight is 1030 g/mol. The number of anilines is 2. The Morgan fingerprint density at radius 1 is 0.629 bits per heavy atom. The monoisotopic (exact) mass is 1030 g/mol. The highest BCUT2D eigenvalue weighted by atomic mass is 35.5. The third-order valence-electron chi connectivity index (χ3n) is 12.7. The van der Waals surface area contributed by atoms with Crippen LogP contribution in [0.15, 0.2) is 87.9 Å². The molecule has 2 atom stereocenters. The van der Waals surface area contributed by atoms with Crippen molar-refractivity contribution in [3.05, 3.63) is 139 Å². The predicted molar refractivity (Wildman–Crippen MR) is 268 cm³/mol. The van der Waals surface area contributed by atoms with Gasteiger partial charge in [-0.3, -0.25) is 28.8 Å². The first-order valence-corrected chi connectivity index (χ1v) is 25.3. The maximum Gasteiger partial charge on any atom is 0.270 e. The Balaban J connectivity index is 0.000000207. The summed E-state index contributed by atoms with van der Waals surface area (Å²) in [5.41, 5.74) is 23.6. The molecule has 2 unspecified atom stereocenters. The van der Waals surface area contributed by atoms with Crippen molar-refractivity contribution in [2.24, 2.45) is 23.3 Å². The lowest BCUT2D eigenvalue weighted by molar-refractivity contribution is -0.126. The highest BCUT2D eigenvalue weighted by molar-refractivity contribution is 7.09. The average Bonchev–Trinajstić information content (AvgIpc) is 4.21. The second-order valence-electron chi connectivity index (χ2n) is 17.6. The number of rotatable bonds is 18. The number of hydrogen-bond donors (Lipinski definition) is 4. The van der Waals surface area contributed by atoms with Gasteiger partial charge in [0.2, 0.25) is 0 Å². The van der Waals surface area contributed by atoms with Gasteiger partial charge in [-0.2, -0.15) is 8.75 Å². The van der Waals surface area contributed by atoms with Gasteiger partial charge in [-0.25, -0.2) is 0 Å². The van der Waals surface area contributed by atoms with Crippen molar-refractivity contribution in [1.29, 1.82) is 0 Å². The van der Waals surface area contributed by atoms with Crippen LogP contribution in [-0.2, 0) is 22.7 Å². The number of halogens is 2. The molecule has 0 aliphatic heterocycles. The predicted octanol–water partition coefficient (Wildman–Crippen LogP) is 9.91. The number of ketones is 2. The van der Waals surface area contributed by atoms with Crippen molar-refractivity contribution in [2.45, 2.75) is 103 Å². The van der Waals surface area contributed by atoms with Crippen LogP contribution in [0.25, 0.3) is 0 Å². The zero-order valence-electron chi connectivity index (χ0n) is 38.4. The van der Waals surface area contributed by atoms with Crippen molar-refractivity contribution < 1.29 is 37.6 Å². The molecule has 70 heavy (non-hydrogen) atoms. The first-order valence-electron chi connectivity index (χ1n) is 23.0. The van der Waals surface area contributed by atoms with E-state index in [4.69, 9.17) is 55.0 Å². The number of nitrogens with two attached hydrogens (primary N) is 4. The maximum atomic E-state index is 14.0. The van der Waals surface area contributed by atoms with Gasteiger partial charge in [0, 0.05) is 36.0 Å². The van der Waals surface area contributed by atoms with E-state index in [-0.39, 0.29) is 69.0 Å². The van der Waals surface area contributed by atoms with Gasteiger partial charge in [0.05, 0.1) is 17.6 Å². The number of benzene rings is 2. The van der Waals surface area contributed by atoms with E-state index in [2.05, 4.69) is 8.75 Å². The van der Waals surface area contributed by atoms with Gasteiger partial charge in [-0.1, -0.05) is 117 Å². The van der Waals surface area contributed by atoms with Gasteiger partial charge in [0.15, 0.2) is 23.0 Å². The van der Waals surface area contributed by atoms with Crippen LogP contribution in [-0.4, -0.2) is 53.7 Å². The maximum absolute atomic E-state index is 14.0. The molecule has 2 aliphatic rings. The molecule has 0 radical (unpaired) electrons. The number of carbonyl (C=O) groups is 6. The highest BCUT2D eigenvalue weighted by Crippen LogP contribution is 2.38. The Morgan fingerprint density at radius 2 is 1.07 bits per heavy atom. The number of carbonyl (C=O) groups excluding carboxylic acids is 6. The molecule has 6 aromatic rings. The molecular formula is C50H54Cl2N8O8S2. The number of hydrogen-bond acceptors (Lipinski definition) is 14. The summed E-state index contributed by atoms with van der Waals surface area (Å²) in [5.74, 6) is -1.12. The Bertz CT molecular complexity index is 2830. The third-order valence-corrected chi connectivity index (χ3v) is 15.1. The Kier molecular flexibility index (Phi) is 17.3. The van der Waals surface area contributed by atoms with Crippen molar-refractivity contribution in [1.82, 2.24) is 18.5 Å². The molecule has 2 fully saturated rings. The normalized spacial score (nSPS) is 14.8. The van der Waals surface area contributed by atoms with Gasteiger partial charge in [0.1, 0.15) is 39.1 Å². The zero-order chi connectivity index (χ0) is 50.1. The van der Waals surface area contributed by atoms with Gasteiger partial charge < -0.3 is 41.6 Å². The summed E-state index contributed by atoms with van der Waals surface area (Å²) in [5, 5.41) is 0.913. The Morgan fingerprint density at radius 3 is 1.46 bits per heavy atom. The summed E-state index contributed by atoms with van der Waals surface area (Å²) in [4.78, 5) is 81.6. The topological polar surface area (TPSA) is 265 Å². The fraction of sp³-hybridized carbons (Fsp3) is 0.360. The van der Waals surface area contributed by atoms with Gasteiger partial charge in [0.25, 0.3) is 23.6 Å². The lowest BCUT2D eigenvalue weighted by Crippen LogP contribution is -2.39. The molecule has 2 aromatic carbocycles. The minimum absolute atomic E-state index is 0.0303. The van der Waals surface area contributed by atoms with E-state index in [0.717, 1.165) is 74.4 Å².